The van der Waals surface area contributed by atoms with Gasteiger partial charge >= 0.3 is 0 Å². The van der Waals surface area contributed by atoms with E-state index in [1.165, 1.54) is 25.0 Å². The molecular formula is C9H15N3. The van der Waals surface area contributed by atoms with Gasteiger partial charge in [-0.05, 0) is 19.8 Å². The van der Waals surface area contributed by atoms with Gasteiger partial charge in [0.1, 0.15) is 0 Å². The molecule has 12 heavy (non-hydrogen) atoms. The summed E-state index contributed by atoms with van der Waals surface area (Å²) in [5, 5.41) is 4.23. The van der Waals surface area contributed by atoms with Crippen LogP contribution in [0.5, 0.6) is 0 Å². The van der Waals surface area contributed by atoms with Crippen LogP contribution in [0.25, 0.3) is 0 Å². The standard InChI is InChI=1S/C9H15N3/c1-2-12-9(7-4-3-5-7)8(10)6-11-12/h6-7H,2-5,10H2,1H3. The molecule has 2 rings (SSSR count). The van der Waals surface area contributed by atoms with Crippen molar-refractivity contribution in [2.24, 2.45) is 0 Å². The number of rotatable bonds is 2. The number of nitrogen functional groups attached to an aromatic ring is 1. The molecule has 1 saturated carbocycles. The molecule has 3 nitrogen and oxygen atoms in total. The summed E-state index contributed by atoms with van der Waals surface area (Å²) in [6, 6.07) is 0. The van der Waals surface area contributed by atoms with Crippen LogP contribution in [0.4, 0.5) is 5.69 Å². The zero-order valence-corrected chi connectivity index (χ0v) is 7.45. The van der Waals surface area contributed by atoms with E-state index in [1.54, 1.807) is 6.20 Å². The molecule has 0 atom stereocenters. The van der Waals surface area contributed by atoms with Gasteiger partial charge in [0, 0.05) is 12.5 Å². The summed E-state index contributed by atoms with van der Waals surface area (Å²) in [7, 11) is 0. The molecule has 0 bridgehead atoms. The molecule has 0 saturated heterocycles. The molecular weight excluding hydrogens is 150 g/mol. The summed E-state index contributed by atoms with van der Waals surface area (Å²) in [4.78, 5) is 0. The van der Waals surface area contributed by atoms with Crippen LogP contribution in [0.2, 0.25) is 0 Å². The Balaban J connectivity index is 2.31. The summed E-state index contributed by atoms with van der Waals surface area (Å²) in [5.41, 5.74) is 7.99. The van der Waals surface area contributed by atoms with Gasteiger partial charge in [-0.3, -0.25) is 4.68 Å². The Bertz CT molecular complexity index is 273. The molecule has 3 heteroatoms. The van der Waals surface area contributed by atoms with E-state index < -0.39 is 0 Å². The van der Waals surface area contributed by atoms with Crippen LogP contribution >= 0.6 is 0 Å². The molecule has 0 unspecified atom stereocenters. The van der Waals surface area contributed by atoms with Gasteiger partial charge in [0.15, 0.2) is 0 Å². The first kappa shape index (κ1) is 7.65. The van der Waals surface area contributed by atoms with Crippen LogP contribution in [0.1, 0.15) is 37.8 Å². The van der Waals surface area contributed by atoms with Gasteiger partial charge in [0.25, 0.3) is 0 Å². The van der Waals surface area contributed by atoms with Crippen molar-refractivity contribution in [1.29, 1.82) is 0 Å². The van der Waals surface area contributed by atoms with E-state index in [0.29, 0.717) is 5.92 Å². The third-order valence-electron chi connectivity index (χ3n) is 2.70. The first-order valence-corrected chi connectivity index (χ1v) is 4.64. The number of hydrogen-bond donors (Lipinski definition) is 1. The second kappa shape index (κ2) is 2.81. The maximum atomic E-state index is 5.84. The van der Waals surface area contributed by atoms with E-state index in [-0.39, 0.29) is 0 Å². The van der Waals surface area contributed by atoms with Crippen LogP contribution in [-0.2, 0) is 6.54 Å². The molecule has 1 fully saturated rings. The van der Waals surface area contributed by atoms with Crippen molar-refractivity contribution in [3.63, 3.8) is 0 Å². The van der Waals surface area contributed by atoms with Crippen molar-refractivity contribution < 1.29 is 0 Å². The maximum Gasteiger partial charge on any atom is 0.0735 e. The largest absolute Gasteiger partial charge is 0.396 e. The second-order valence-corrected chi connectivity index (χ2v) is 3.43. The molecule has 0 aliphatic heterocycles. The van der Waals surface area contributed by atoms with Gasteiger partial charge in [0.2, 0.25) is 0 Å². The number of anilines is 1. The molecule has 66 valence electrons. The van der Waals surface area contributed by atoms with E-state index in [2.05, 4.69) is 12.0 Å². The van der Waals surface area contributed by atoms with E-state index >= 15 is 0 Å². The first-order chi connectivity index (χ1) is 5.83. The summed E-state index contributed by atoms with van der Waals surface area (Å²) in [6.45, 7) is 3.04. The zero-order chi connectivity index (χ0) is 8.55. The van der Waals surface area contributed by atoms with Crippen LogP contribution in [0.15, 0.2) is 6.20 Å². The zero-order valence-electron chi connectivity index (χ0n) is 7.45. The van der Waals surface area contributed by atoms with Crippen molar-refractivity contribution >= 4 is 5.69 Å². The molecule has 1 aliphatic carbocycles. The minimum atomic E-state index is 0.687. The second-order valence-electron chi connectivity index (χ2n) is 3.43. The fraction of sp³-hybridized carbons (Fsp3) is 0.667. The average molecular weight is 165 g/mol. The van der Waals surface area contributed by atoms with Crippen molar-refractivity contribution in [2.75, 3.05) is 5.73 Å². The Morgan fingerprint density at radius 2 is 2.42 bits per heavy atom. The van der Waals surface area contributed by atoms with Crippen molar-refractivity contribution in [3.05, 3.63) is 11.9 Å². The number of aromatic nitrogens is 2. The SMILES string of the molecule is CCn1ncc(N)c1C1CCC1. The van der Waals surface area contributed by atoms with E-state index in [9.17, 15) is 0 Å². The summed E-state index contributed by atoms with van der Waals surface area (Å²) >= 11 is 0. The fourth-order valence-corrected chi connectivity index (χ4v) is 1.79. The maximum absolute atomic E-state index is 5.84. The molecule has 0 amide bonds. The summed E-state index contributed by atoms with van der Waals surface area (Å²) < 4.78 is 2.03. The number of aryl methyl sites for hydroxylation is 1. The fourth-order valence-electron chi connectivity index (χ4n) is 1.79. The lowest BCUT2D eigenvalue weighted by Crippen LogP contribution is -2.15. The number of nitrogens with two attached hydrogens (primary N) is 1. The Kier molecular flexibility index (Phi) is 1.79. The molecule has 1 heterocycles. The minimum absolute atomic E-state index is 0.687. The highest BCUT2D eigenvalue weighted by Crippen LogP contribution is 2.38. The predicted molar refractivity (Wildman–Crippen MR) is 48.9 cm³/mol. The Morgan fingerprint density at radius 3 is 2.92 bits per heavy atom. The monoisotopic (exact) mass is 165 g/mol. The molecule has 1 aromatic heterocycles. The minimum Gasteiger partial charge on any atom is -0.396 e. The van der Waals surface area contributed by atoms with Crippen molar-refractivity contribution in [1.82, 2.24) is 9.78 Å². The van der Waals surface area contributed by atoms with E-state index in [1.807, 2.05) is 4.68 Å². The first-order valence-electron chi connectivity index (χ1n) is 4.64. The smallest absolute Gasteiger partial charge is 0.0735 e. The van der Waals surface area contributed by atoms with Crippen LogP contribution in [0.3, 0.4) is 0 Å². The summed E-state index contributed by atoms with van der Waals surface area (Å²) in [6.07, 6.45) is 5.70. The molecule has 2 N–H and O–H groups in total. The number of nitrogens with zero attached hydrogens (tertiary/aromatic N) is 2. The quantitative estimate of drug-likeness (QED) is 0.725. The van der Waals surface area contributed by atoms with Gasteiger partial charge in [-0.2, -0.15) is 5.10 Å². The molecule has 1 aromatic rings. The Morgan fingerprint density at radius 1 is 1.67 bits per heavy atom. The van der Waals surface area contributed by atoms with Gasteiger partial charge in [0.05, 0.1) is 17.6 Å². The van der Waals surface area contributed by atoms with Gasteiger partial charge in [-0.25, -0.2) is 0 Å². The van der Waals surface area contributed by atoms with Crippen LogP contribution in [0, 0.1) is 0 Å². The lowest BCUT2D eigenvalue weighted by atomic mass is 9.82. The van der Waals surface area contributed by atoms with Gasteiger partial charge in [-0.15, -0.1) is 0 Å². The average Bonchev–Trinajstić information content (AvgIpc) is 2.30. The van der Waals surface area contributed by atoms with Crippen LogP contribution < -0.4 is 5.73 Å². The highest BCUT2D eigenvalue weighted by atomic mass is 15.3. The molecule has 0 radical (unpaired) electrons. The lowest BCUT2D eigenvalue weighted by molar-refractivity contribution is 0.391. The Hall–Kier alpha value is -0.990. The summed E-state index contributed by atoms with van der Waals surface area (Å²) in [5.74, 6) is 0.687. The molecule has 1 aliphatic rings. The van der Waals surface area contributed by atoms with E-state index in [0.717, 1.165) is 12.2 Å². The number of hydrogen-bond acceptors (Lipinski definition) is 2. The third kappa shape index (κ3) is 1.00. The highest BCUT2D eigenvalue weighted by molar-refractivity contribution is 5.43. The van der Waals surface area contributed by atoms with Gasteiger partial charge < -0.3 is 5.73 Å². The van der Waals surface area contributed by atoms with Crippen molar-refractivity contribution in [3.8, 4) is 0 Å². The van der Waals surface area contributed by atoms with Crippen LogP contribution in [-0.4, -0.2) is 9.78 Å². The molecule has 0 spiro atoms. The topological polar surface area (TPSA) is 43.8 Å². The highest BCUT2D eigenvalue weighted by Gasteiger charge is 2.24. The van der Waals surface area contributed by atoms with Gasteiger partial charge in [-0.1, -0.05) is 6.42 Å². The lowest BCUT2D eigenvalue weighted by Gasteiger charge is -2.26. The normalized spacial score (nSPS) is 17.8. The van der Waals surface area contributed by atoms with E-state index in [4.69, 9.17) is 5.73 Å². The third-order valence-corrected chi connectivity index (χ3v) is 2.70. The predicted octanol–water partition coefficient (Wildman–Crippen LogP) is 1.75. The molecule has 0 aromatic carbocycles. The van der Waals surface area contributed by atoms with Crippen molar-refractivity contribution in [2.45, 2.75) is 38.6 Å². The Labute approximate surface area is 72.6 Å².